The van der Waals surface area contributed by atoms with Crippen LogP contribution in [0.1, 0.15) is 31.2 Å². The standard InChI is InChI=1S/C15H22N2O2/c16-13-7-5-12(6-8-13)10-15(19)17-9-3-1-2-4-14(17)11-18/h5-8,14,18H,1-4,9-11,16H2. The monoisotopic (exact) mass is 262 g/mol. The quantitative estimate of drug-likeness (QED) is 0.813. The van der Waals surface area contributed by atoms with E-state index in [4.69, 9.17) is 5.73 Å². The van der Waals surface area contributed by atoms with Crippen LogP contribution in [0.3, 0.4) is 0 Å². The molecule has 1 saturated heterocycles. The fraction of sp³-hybridized carbons (Fsp3) is 0.533. The second-order valence-corrected chi connectivity index (χ2v) is 5.19. The largest absolute Gasteiger partial charge is 0.399 e. The average Bonchev–Trinajstić information content (AvgIpc) is 2.66. The lowest BCUT2D eigenvalue weighted by Crippen LogP contribution is -2.42. The summed E-state index contributed by atoms with van der Waals surface area (Å²) in [4.78, 5) is 14.2. The molecule has 0 bridgehead atoms. The molecular weight excluding hydrogens is 240 g/mol. The fourth-order valence-electron chi connectivity index (χ4n) is 2.61. The SMILES string of the molecule is Nc1ccc(CC(=O)N2CCCCCC2CO)cc1. The molecule has 0 aromatic heterocycles. The highest BCUT2D eigenvalue weighted by Crippen LogP contribution is 2.18. The van der Waals surface area contributed by atoms with Crippen LogP contribution >= 0.6 is 0 Å². The Bertz CT molecular complexity index is 417. The normalized spacial score (nSPS) is 20.1. The van der Waals surface area contributed by atoms with Gasteiger partial charge in [0.25, 0.3) is 0 Å². The molecule has 0 spiro atoms. The topological polar surface area (TPSA) is 66.6 Å². The molecule has 1 aliphatic heterocycles. The maximum Gasteiger partial charge on any atom is 0.227 e. The molecule has 1 aromatic carbocycles. The van der Waals surface area contributed by atoms with E-state index in [0.29, 0.717) is 12.1 Å². The van der Waals surface area contributed by atoms with Crippen LogP contribution in [0.4, 0.5) is 5.69 Å². The van der Waals surface area contributed by atoms with Gasteiger partial charge in [0, 0.05) is 12.2 Å². The summed E-state index contributed by atoms with van der Waals surface area (Å²) in [5.74, 6) is 0.103. The average molecular weight is 262 g/mol. The summed E-state index contributed by atoms with van der Waals surface area (Å²) >= 11 is 0. The number of carbonyl (C=O) groups excluding carboxylic acids is 1. The Kier molecular flexibility index (Phi) is 4.80. The van der Waals surface area contributed by atoms with Crippen molar-refractivity contribution in [1.29, 1.82) is 0 Å². The minimum atomic E-state index is -0.0104. The molecule has 1 amide bonds. The van der Waals surface area contributed by atoms with E-state index in [1.807, 2.05) is 29.2 Å². The Morgan fingerprint density at radius 2 is 2.00 bits per heavy atom. The van der Waals surface area contributed by atoms with Gasteiger partial charge in [0.1, 0.15) is 0 Å². The number of nitrogens with zero attached hydrogens (tertiary/aromatic N) is 1. The van der Waals surface area contributed by atoms with E-state index in [1.54, 1.807) is 0 Å². The predicted molar refractivity (Wildman–Crippen MR) is 75.6 cm³/mol. The van der Waals surface area contributed by atoms with Crippen molar-refractivity contribution < 1.29 is 9.90 Å². The molecule has 2 rings (SSSR count). The van der Waals surface area contributed by atoms with Crippen molar-refractivity contribution in [2.24, 2.45) is 0 Å². The second kappa shape index (κ2) is 6.57. The fourth-order valence-corrected chi connectivity index (χ4v) is 2.61. The van der Waals surface area contributed by atoms with Gasteiger partial charge >= 0.3 is 0 Å². The van der Waals surface area contributed by atoms with Gasteiger partial charge in [-0.2, -0.15) is 0 Å². The van der Waals surface area contributed by atoms with Crippen LogP contribution in [-0.4, -0.2) is 35.1 Å². The van der Waals surface area contributed by atoms with Crippen molar-refractivity contribution >= 4 is 11.6 Å². The third-order valence-electron chi connectivity index (χ3n) is 3.74. The lowest BCUT2D eigenvalue weighted by molar-refractivity contribution is -0.133. The molecule has 1 aromatic rings. The van der Waals surface area contributed by atoms with E-state index < -0.39 is 0 Å². The number of carbonyl (C=O) groups is 1. The van der Waals surface area contributed by atoms with Crippen molar-refractivity contribution in [3.05, 3.63) is 29.8 Å². The van der Waals surface area contributed by atoms with Gasteiger partial charge in [-0.15, -0.1) is 0 Å². The van der Waals surface area contributed by atoms with Crippen LogP contribution < -0.4 is 5.73 Å². The van der Waals surface area contributed by atoms with Crippen LogP contribution in [0.2, 0.25) is 0 Å². The van der Waals surface area contributed by atoms with E-state index in [0.717, 1.165) is 37.8 Å². The summed E-state index contributed by atoms with van der Waals surface area (Å²) in [6.07, 6.45) is 4.56. The first kappa shape index (κ1) is 13.9. The number of aliphatic hydroxyl groups is 1. The Balaban J connectivity index is 2.02. The highest BCUT2D eigenvalue weighted by atomic mass is 16.3. The number of likely N-dealkylation sites (tertiary alicyclic amines) is 1. The minimum Gasteiger partial charge on any atom is -0.399 e. The molecule has 1 unspecified atom stereocenters. The first-order valence-electron chi connectivity index (χ1n) is 6.95. The Morgan fingerprint density at radius 1 is 1.26 bits per heavy atom. The van der Waals surface area contributed by atoms with Crippen LogP contribution in [0.25, 0.3) is 0 Å². The Labute approximate surface area is 114 Å². The number of nitrogens with two attached hydrogens (primary N) is 1. The molecule has 0 saturated carbocycles. The summed E-state index contributed by atoms with van der Waals surface area (Å²) in [5.41, 5.74) is 7.32. The molecule has 0 radical (unpaired) electrons. The van der Waals surface area contributed by atoms with Crippen LogP contribution in [0.15, 0.2) is 24.3 Å². The number of hydrogen-bond acceptors (Lipinski definition) is 3. The zero-order chi connectivity index (χ0) is 13.7. The summed E-state index contributed by atoms with van der Waals surface area (Å²) in [7, 11) is 0. The van der Waals surface area contributed by atoms with E-state index in [1.165, 1.54) is 0 Å². The summed E-state index contributed by atoms with van der Waals surface area (Å²) in [6, 6.07) is 7.39. The van der Waals surface area contributed by atoms with Gasteiger partial charge < -0.3 is 15.7 Å². The highest BCUT2D eigenvalue weighted by Gasteiger charge is 2.24. The Hall–Kier alpha value is -1.55. The number of aliphatic hydroxyl groups excluding tert-OH is 1. The van der Waals surface area contributed by atoms with Gasteiger partial charge in [0.15, 0.2) is 0 Å². The number of amides is 1. The van der Waals surface area contributed by atoms with E-state index >= 15 is 0 Å². The van der Waals surface area contributed by atoms with Crippen molar-refractivity contribution in [3.63, 3.8) is 0 Å². The van der Waals surface area contributed by atoms with Crippen LogP contribution in [-0.2, 0) is 11.2 Å². The van der Waals surface area contributed by atoms with Crippen LogP contribution in [0, 0.1) is 0 Å². The third kappa shape index (κ3) is 3.70. The third-order valence-corrected chi connectivity index (χ3v) is 3.74. The van der Waals surface area contributed by atoms with Gasteiger partial charge in [-0.3, -0.25) is 4.79 Å². The lowest BCUT2D eigenvalue weighted by Gasteiger charge is -2.28. The van der Waals surface area contributed by atoms with Gasteiger partial charge in [-0.05, 0) is 30.5 Å². The summed E-state index contributed by atoms with van der Waals surface area (Å²) < 4.78 is 0. The molecular formula is C15H22N2O2. The number of anilines is 1. The first-order valence-corrected chi connectivity index (χ1v) is 6.95. The van der Waals surface area contributed by atoms with Gasteiger partial charge in [0.05, 0.1) is 19.1 Å². The number of nitrogen functional groups attached to an aromatic ring is 1. The summed E-state index contributed by atoms with van der Waals surface area (Å²) in [6.45, 7) is 0.826. The molecule has 1 fully saturated rings. The van der Waals surface area contributed by atoms with Crippen LogP contribution in [0.5, 0.6) is 0 Å². The molecule has 0 aliphatic carbocycles. The van der Waals surface area contributed by atoms with E-state index in [2.05, 4.69) is 0 Å². The molecule has 1 aliphatic rings. The molecule has 19 heavy (non-hydrogen) atoms. The van der Waals surface area contributed by atoms with Crippen molar-refractivity contribution in [3.8, 4) is 0 Å². The lowest BCUT2D eigenvalue weighted by atomic mass is 10.1. The molecule has 104 valence electrons. The first-order chi connectivity index (χ1) is 9.20. The number of hydrogen-bond donors (Lipinski definition) is 2. The zero-order valence-electron chi connectivity index (χ0n) is 11.2. The predicted octanol–water partition coefficient (Wildman–Crippen LogP) is 1.57. The minimum absolute atomic E-state index is 0.0104. The second-order valence-electron chi connectivity index (χ2n) is 5.19. The van der Waals surface area contributed by atoms with Gasteiger partial charge in [-0.25, -0.2) is 0 Å². The molecule has 1 atom stereocenters. The van der Waals surface area contributed by atoms with Gasteiger partial charge in [0.2, 0.25) is 5.91 Å². The maximum atomic E-state index is 12.4. The highest BCUT2D eigenvalue weighted by molar-refractivity contribution is 5.79. The summed E-state index contributed by atoms with van der Waals surface area (Å²) in [5, 5.41) is 9.43. The Morgan fingerprint density at radius 3 is 2.68 bits per heavy atom. The van der Waals surface area contributed by atoms with E-state index in [9.17, 15) is 9.90 Å². The zero-order valence-corrected chi connectivity index (χ0v) is 11.2. The number of benzene rings is 1. The molecule has 3 N–H and O–H groups in total. The molecule has 4 heteroatoms. The maximum absolute atomic E-state index is 12.4. The van der Waals surface area contributed by atoms with Crippen molar-refractivity contribution in [1.82, 2.24) is 4.90 Å². The van der Waals surface area contributed by atoms with Crippen molar-refractivity contribution in [2.45, 2.75) is 38.1 Å². The number of rotatable bonds is 3. The van der Waals surface area contributed by atoms with Crippen molar-refractivity contribution in [2.75, 3.05) is 18.9 Å². The molecule has 1 heterocycles. The van der Waals surface area contributed by atoms with Gasteiger partial charge in [-0.1, -0.05) is 25.0 Å². The molecule has 4 nitrogen and oxygen atoms in total. The smallest absolute Gasteiger partial charge is 0.227 e. The van der Waals surface area contributed by atoms with E-state index in [-0.39, 0.29) is 18.6 Å².